The molecule has 0 saturated carbocycles. The lowest BCUT2D eigenvalue weighted by Gasteiger charge is -2.04. The van der Waals surface area contributed by atoms with E-state index in [9.17, 15) is 0 Å². The molecule has 0 aromatic carbocycles. The number of anilines is 1. The van der Waals surface area contributed by atoms with Gasteiger partial charge in [-0.15, -0.1) is 11.8 Å². The lowest BCUT2D eigenvalue weighted by molar-refractivity contribution is 0.993. The normalized spacial score (nSPS) is 14.0. The van der Waals surface area contributed by atoms with Crippen molar-refractivity contribution in [2.45, 2.75) is 11.4 Å². The van der Waals surface area contributed by atoms with Crippen LogP contribution in [0.5, 0.6) is 0 Å². The van der Waals surface area contributed by atoms with Gasteiger partial charge in [0.25, 0.3) is 0 Å². The Hall–Kier alpha value is -1.48. The van der Waals surface area contributed by atoms with Gasteiger partial charge in [0, 0.05) is 18.7 Å². The van der Waals surface area contributed by atoms with Gasteiger partial charge in [0.2, 0.25) is 0 Å². The van der Waals surface area contributed by atoms with Crippen molar-refractivity contribution in [2.75, 3.05) is 17.6 Å². The molecule has 0 spiro atoms. The molecule has 1 aliphatic heterocycles. The van der Waals surface area contributed by atoms with Gasteiger partial charge in [-0.1, -0.05) is 31.4 Å². The zero-order valence-electron chi connectivity index (χ0n) is 9.78. The highest BCUT2D eigenvalue weighted by molar-refractivity contribution is 7.99. The van der Waals surface area contributed by atoms with Gasteiger partial charge in [-0.2, -0.15) is 0 Å². The molecule has 0 aliphatic carbocycles. The first kappa shape index (κ1) is 12.0. The molecule has 0 bridgehead atoms. The van der Waals surface area contributed by atoms with Gasteiger partial charge < -0.3 is 5.32 Å². The molecule has 0 atom stereocenters. The van der Waals surface area contributed by atoms with Crippen LogP contribution >= 0.6 is 11.8 Å². The van der Waals surface area contributed by atoms with Gasteiger partial charge in [-0.3, -0.25) is 0 Å². The molecule has 1 aromatic heterocycles. The Morgan fingerprint density at radius 1 is 1.47 bits per heavy atom. The summed E-state index contributed by atoms with van der Waals surface area (Å²) in [7, 11) is 0. The standard InChI is InChI=1S/C14H16N2S/c1-3-5-11(4-2)10-17-14-7-6-12-13(16-14)8-9-15-12/h3-7,15H,1-2,8-10H2/b11-5+. The van der Waals surface area contributed by atoms with Gasteiger partial charge >= 0.3 is 0 Å². The molecule has 0 saturated heterocycles. The highest BCUT2D eigenvalue weighted by Crippen LogP contribution is 2.25. The Kier molecular flexibility index (Phi) is 4.04. The highest BCUT2D eigenvalue weighted by Gasteiger charge is 2.11. The Morgan fingerprint density at radius 3 is 3.12 bits per heavy atom. The zero-order valence-corrected chi connectivity index (χ0v) is 10.6. The number of hydrogen-bond acceptors (Lipinski definition) is 3. The maximum absolute atomic E-state index is 4.63. The first-order valence-corrected chi connectivity index (χ1v) is 6.62. The van der Waals surface area contributed by atoms with Crippen molar-refractivity contribution in [3.05, 3.63) is 54.8 Å². The van der Waals surface area contributed by atoms with Crippen molar-refractivity contribution in [3.63, 3.8) is 0 Å². The molecule has 1 aromatic rings. The average Bonchev–Trinajstić information content (AvgIpc) is 2.81. The smallest absolute Gasteiger partial charge is 0.0968 e. The Morgan fingerprint density at radius 2 is 2.35 bits per heavy atom. The van der Waals surface area contributed by atoms with Crippen molar-refractivity contribution in [1.82, 2.24) is 4.98 Å². The SMILES string of the molecule is C=C/C=C(\C=C)CSc1ccc2c(n1)CCN2. The third-order valence-electron chi connectivity index (χ3n) is 2.61. The van der Waals surface area contributed by atoms with Gasteiger partial charge in [0.15, 0.2) is 0 Å². The summed E-state index contributed by atoms with van der Waals surface area (Å²) in [5, 5.41) is 4.38. The summed E-state index contributed by atoms with van der Waals surface area (Å²) < 4.78 is 0. The van der Waals surface area contributed by atoms with Gasteiger partial charge in [0.05, 0.1) is 16.4 Å². The van der Waals surface area contributed by atoms with Crippen molar-refractivity contribution >= 4 is 17.4 Å². The monoisotopic (exact) mass is 244 g/mol. The third kappa shape index (κ3) is 3.01. The summed E-state index contributed by atoms with van der Waals surface area (Å²) in [4.78, 5) is 4.63. The van der Waals surface area contributed by atoms with E-state index >= 15 is 0 Å². The molecule has 1 N–H and O–H groups in total. The van der Waals surface area contributed by atoms with Crippen LogP contribution in [0.4, 0.5) is 5.69 Å². The summed E-state index contributed by atoms with van der Waals surface area (Å²) >= 11 is 1.73. The molecule has 17 heavy (non-hydrogen) atoms. The summed E-state index contributed by atoms with van der Waals surface area (Å²) in [6, 6.07) is 4.18. The molecule has 0 amide bonds. The van der Waals surface area contributed by atoms with Crippen molar-refractivity contribution in [2.24, 2.45) is 0 Å². The number of nitrogens with one attached hydrogen (secondary N) is 1. The molecule has 0 fully saturated rings. The minimum atomic E-state index is 0.884. The van der Waals surface area contributed by atoms with Crippen LogP contribution in [-0.2, 0) is 6.42 Å². The van der Waals surface area contributed by atoms with Crippen LogP contribution in [-0.4, -0.2) is 17.3 Å². The molecular formula is C14H16N2S. The number of allylic oxidation sites excluding steroid dienone is 3. The van der Waals surface area contributed by atoms with Crippen LogP contribution in [0.25, 0.3) is 0 Å². The summed E-state index contributed by atoms with van der Waals surface area (Å²) in [5.74, 6) is 0.884. The molecule has 0 unspecified atom stereocenters. The van der Waals surface area contributed by atoms with E-state index in [0.29, 0.717) is 0 Å². The number of aromatic nitrogens is 1. The van der Waals surface area contributed by atoms with Crippen molar-refractivity contribution < 1.29 is 0 Å². The fraction of sp³-hybridized carbons (Fsp3) is 0.214. The molecular weight excluding hydrogens is 228 g/mol. The third-order valence-corrected chi connectivity index (χ3v) is 3.61. The second-order valence-electron chi connectivity index (χ2n) is 3.79. The molecule has 1 aliphatic rings. The number of nitrogens with zero attached hydrogens (tertiary/aromatic N) is 1. The second kappa shape index (κ2) is 5.73. The molecule has 2 heterocycles. The van der Waals surface area contributed by atoms with E-state index < -0.39 is 0 Å². The Balaban J connectivity index is 2.02. The number of rotatable bonds is 5. The lowest BCUT2D eigenvalue weighted by Crippen LogP contribution is -1.90. The molecule has 0 radical (unpaired) electrons. The number of thioether (sulfide) groups is 1. The Labute approximate surface area is 107 Å². The van der Waals surface area contributed by atoms with Crippen LogP contribution in [0.2, 0.25) is 0 Å². The van der Waals surface area contributed by atoms with Crippen LogP contribution in [0, 0.1) is 0 Å². The van der Waals surface area contributed by atoms with Crippen molar-refractivity contribution in [3.8, 4) is 0 Å². The molecule has 88 valence electrons. The van der Waals surface area contributed by atoms with E-state index in [-0.39, 0.29) is 0 Å². The fourth-order valence-corrected chi connectivity index (χ4v) is 2.58. The van der Waals surface area contributed by atoms with E-state index in [4.69, 9.17) is 0 Å². The topological polar surface area (TPSA) is 24.9 Å². The van der Waals surface area contributed by atoms with E-state index in [1.54, 1.807) is 17.8 Å². The first-order valence-electron chi connectivity index (χ1n) is 5.64. The zero-order chi connectivity index (χ0) is 12.1. The summed E-state index contributed by atoms with van der Waals surface area (Å²) in [5.41, 5.74) is 3.54. The molecule has 2 rings (SSSR count). The number of fused-ring (bicyclic) bond motifs is 1. The fourth-order valence-electron chi connectivity index (χ4n) is 1.71. The van der Waals surface area contributed by atoms with E-state index in [1.165, 1.54) is 17.0 Å². The Bertz CT molecular complexity index is 463. The van der Waals surface area contributed by atoms with E-state index in [1.807, 2.05) is 12.2 Å². The van der Waals surface area contributed by atoms with Gasteiger partial charge in [-0.05, 0) is 17.7 Å². The van der Waals surface area contributed by atoms with Gasteiger partial charge in [-0.25, -0.2) is 4.98 Å². The lowest BCUT2D eigenvalue weighted by atomic mass is 10.3. The predicted octanol–water partition coefficient (Wildman–Crippen LogP) is 3.44. The molecule has 2 nitrogen and oxygen atoms in total. The maximum Gasteiger partial charge on any atom is 0.0968 e. The maximum atomic E-state index is 4.63. The predicted molar refractivity (Wildman–Crippen MR) is 75.6 cm³/mol. The van der Waals surface area contributed by atoms with Crippen molar-refractivity contribution in [1.29, 1.82) is 0 Å². The summed E-state index contributed by atoms with van der Waals surface area (Å²) in [6.45, 7) is 8.49. The minimum Gasteiger partial charge on any atom is -0.383 e. The van der Waals surface area contributed by atoms with Crippen LogP contribution in [0.1, 0.15) is 5.69 Å². The van der Waals surface area contributed by atoms with Crippen LogP contribution in [0.15, 0.2) is 54.1 Å². The second-order valence-corrected chi connectivity index (χ2v) is 4.79. The number of pyridine rings is 1. The molecule has 3 heteroatoms. The van der Waals surface area contributed by atoms with Crippen LogP contribution in [0.3, 0.4) is 0 Å². The quantitative estimate of drug-likeness (QED) is 0.634. The van der Waals surface area contributed by atoms with E-state index in [0.717, 1.165) is 23.7 Å². The highest BCUT2D eigenvalue weighted by atomic mass is 32.2. The summed E-state index contributed by atoms with van der Waals surface area (Å²) in [6.07, 6.45) is 6.66. The van der Waals surface area contributed by atoms with Crippen LogP contribution < -0.4 is 5.32 Å². The van der Waals surface area contributed by atoms with Gasteiger partial charge in [0.1, 0.15) is 0 Å². The largest absolute Gasteiger partial charge is 0.383 e. The van der Waals surface area contributed by atoms with E-state index in [2.05, 4.69) is 35.6 Å². The minimum absolute atomic E-state index is 0.884. The first-order chi connectivity index (χ1) is 8.33. The average molecular weight is 244 g/mol. The number of hydrogen-bond donors (Lipinski definition) is 1.